The monoisotopic (exact) mass is 327 g/mol. The highest BCUT2D eigenvalue weighted by atomic mass is 35.5. The minimum Gasteiger partial charge on any atom is -0.378 e. The molecular formula is C15H22ClN3O3. The summed E-state index contributed by atoms with van der Waals surface area (Å²) in [6.45, 7) is 2.00. The average Bonchev–Trinajstić information content (AvgIpc) is 2.47. The van der Waals surface area contributed by atoms with Gasteiger partial charge in [0.1, 0.15) is 0 Å². The number of nitrogens with zero attached hydrogens (tertiary/aromatic N) is 1. The molecule has 0 radical (unpaired) electrons. The topological polar surface area (TPSA) is 70.7 Å². The predicted molar refractivity (Wildman–Crippen MR) is 87.6 cm³/mol. The Balaban J connectivity index is 0.00000242. The van der Waals surface area contributed by atoms with E-state index < -0.39 is 0 Å². The number of benzene rings is 1. The zero-order valence-electron chi connectivity index (χ0n) is 12.8. The summed E-state index contributed by atoms with van der Waals surface area (Å²) in [4.78, 5) is 25.4. The molecule has 1 saturated heterocycles. The first-order chi connectivity index (χ1) is 10.1. The van der Waals surface area contributed by atoms with Gasteiger partial charge in [0.05, 0.1) is 13.2 Å². The lowest BCUT2D eigenvalue weighted by Crippen LogP contribution is -2.43. The number of hydrogen-bond acceptors (Lipinski definition) is 4. The highest BCUT2D eigenvalue weighted by molar-refractivity contribution is 5.97. The zero-order chi connectivity index (χ0) is 15.2. The first kappa shape index (κ1) is 18.4. The maximum absolute atomic E-state index is 12.0. The van der Waals surface area contributed by atoms with Gasteiger partial charge in [0.2, 0.25) is 5.91 Å². The molecule has 22 heavy (non-hydrogen) atoms. The lowest BCUT2D eigenvalue weighted by atomic mass is 10.1. The summed E-state index contributed by atoms with van der Waals surface area (Å²) in [5, 5.41) is 6.05. The quantitative estimate of drug-likeness (QED) is 0.869. The molecular weight excluding hydrogens is 306 g/mol. The number of hydrogen-bond donors (Lipinski definition) is 2. The molecule has 1 aromatic carbocycles. The van der Waals surface area contributed by atoms with Crippen LogP contribution in [0.3, 0.4) is 0 Å². The normalized spacial score (nSPS) is 17.3. The summed E-state index contributed by atoms with van der Waals surface area (Å²) in [7, 11) is 3.39. The van der Waals surface area contributed by atoms with Crippen molar-refractivity contribution >= 4 is 29.9 Å². The molecule has 1 fully saturated rings. The number of amides is 2. The molecule has 6 nitrogen and oxygen atoms in total. The molecule has 7 heteroatoms. The predicted octanol–water partition coefficient (Wildman–Crippen LogP) is 1.13. The van der Waals surface area contributed by atoms with Crippen molar-refractivity contribution < 1.29 is 14.3 Å². The number of carbonyl (C=O) groups is 2. The van der Waals surface area contributed by atoms with Crippen molar-refractivity contribution in [3.8, 4) is 0 Å². The Labute approximate surface area is 136 Å². The molecule has 1 heterocycles. The third-order valence-electron chi connectivity index (χ3n) is 3.23. The third kappa shape index (κ3) is 5.29. The van der Waals surface area contributed by atoms with Gasteiger partial charge < -0.3 is 20.3 Å². The lowest BCUT2D eigenvalue weighted by Gasteiger charge is -2.23. The molecule has 0 spiro atoms. The Morgan fingerprint density at radius 2 is 2.18 bits per heavy atom. The van der Waals surface area contributed by atoms with Gasteiger partial charge in [0.15, 0.2) is 0 Å². The summed E-state index contributed by atoms with van der Waals surface area (Å²) >= 11 is 0. The van der Waals surface area contributed by atoms with Crippen LogP contribution in [-0.2, 0) is 9.53 Å². The second kappa shape index (κ2) is 8.73. The number of anilines is 1. The van der Waals surface area contributed by atoms with Crippen LogP contribution in [0.15, 0.2) is 24.3 Å². The van der Waals surface area contributed by atoms with Crippen LogP contribution in [0.25, 0.3) is 0 Å². The van der Waals surface area contributed by atoms with E-state index in [-0.39, 0.29) is 30.3 Å². The largest absolute Gasteiger partial charge is 0.378 e. The van der Waals surface area contributed by atoms with Gasteiger partial charge in [0, 0.05) is 44.4 Å². The Bertz CT molecular complexity index is 517. The van der Waals surface area contributed by atoms with Gasteiger partial charge in [-0.25, -0.2) is 0 Å². The van der Waals surface area contributed by atoms with Crippen molar-refractivity contribution in [2.45, 2.75) is 12.5 Å². The fourth-order valence-corrected chi connectivity index (χ4v) is 2.17. The SMILES string of the molecule is CN(C)C(=O)c1cccc(NC(=O)CC2COCCN2)c1.Cl. The van der Waals surface area contributed by atoms with Gasteiger partial charge in [-0.05, 0) is 18.2 Å². The van der Waals surface area contributed by atoms with Crippen molar-refractivity contribution in [2.24, 2.45) is 0 Å². The fraction of sp³-hybridized carbons (Fsp3) is 0.467. The summed E-state index contributed by atoms with van der Waals surface area (Å²) in [5.41, 5.74) is 1.18. The molecule has 2 amide bonds. The van der Waals surface area contributed by atoms with Crippen molar-refractivity contribution in [2.75, 3.05) is 39.2 Å². The summed E-state index contributed by atoms with van der Waals surface area (Å²) < 4.78 is 5.32. The van der Waals surface area contributed by atoms with Gasteiger partial charge >= 0.3 is 0 Å². The smallest absolute Gasteiger partial charge is 0.253 e. The number of nitrogens with one attached hydrogen (secondary N) is 2. The molecule has 1 aromatic rings. The number of rotatable bonds is 4. The van der Waals surface area contributed by atoms with Crippen molar-refractivity contribution in [1.29, 1.82) is 0 Å². The second-order valence-corrected chi connectivity index (χ2v) is 5.26. The van der Waals surface area contributed by atoms with Crippen LogP contribution in [0.1, 0.15) is 16.8 Å². The van der Waals surface area contributed by atoms with Gasteiger partial charge in [-0.15, -0.1) is 12.4 Å². The van der Waals surface area contributed by atoms with Gasteiger partial charge in [-0.2, -0.15) is 0 Å². The first-order valence-corrected chi connectivity index (χ1v) is 6.99. The van der Waals surface area contributed by atoms with Crippen molar-refractivity contribution in [1.82, 2.24) is 10.2 Å². The highest BCUT2D eigenvalue weighted by Crippen LogP contribution is 2.13. The van der Waals surface area contributed by atoms with Crippen LogP contribution in [0, 0.1) is 0 Å². The van der Waals surface area contributed by atoms with E-state index in [2.05, 4.69) is 10.6 Å². The molecule has 2 rings (SSSR count). The third-order valence-corrected chi connectivity index (χ3v) is 3.23. The minimum atomic E-state index is -0.0903. The Hall–Kier alpha value is -1.63. The zero-order valence-corrected chi connectivity index (χ0v) is 13.6. The van der Waals surface area contributed by atoms with Gasteiger partial charge in [-0.1, -0.05) is 6.07 Å². The molecule has 1 atom stereocenters. The Morgan fingerprint density at radius 3 is 2.82 bits per heavy atom. The second-order valence-electron chi connectivity index (χ2n) is 5.26. The van der Waals surface area contributed by atoms with Crippen LogP contribution in [0.2, 0.25) is 0 Å². The van der Waals surface area contributed by atoms with E-state index in [1.165, 1.54) is 4.90 Å². The number of ether oxygens (including phenoxy) is 1. The van der Waals surface area contributed by atoms with Crippen LogP contribution in [0.5, 0.6) is 0 Å². The number of carbonyl (C=O) groups excluding carboxylic acids is 2. The molecule has 1 unspecified atom stereocenters. The summed E-state index contributed by atoms with van der Waals surface area (Å²) in [6, 6.07) is 6.99. The van der Waals surface area contributed by atoms with Crippen LogP contribution in [-0.4, -0.2) is 56.6 Å². The van der Waals surface area contributed by atoms with Gasteiger partial charge in [-0.3, -0.25) is 9.59 Å². The maximum Gasteiger partial charge on any atom is 0.253 e. The molecule has 0 saturated carbocycles. The molecule has 1 aliphatic rings. The number of morpholine rings is 1. The van der Waals surface area contributed by atoms with E-state index >= 15 is 0 Å². The van der Waals surface area contributed by atoms with Crippen LogP contribution in [0.4, 0.5) is 5.69 Å². The van der Waals surface area contributed by atoms with E-state index in [9.17, 15) is 9.59 Å². The number of halogens is 1. The summed E-state index contributed by atoms with van der Waals surface area (Å²) in [6.07, 6.45) is 0.353. The molecule has 0 aromatic heterocycles. The van der Waals surface area contributed by atoms with Gasteiger partial charge in [0.25, 0.3) is 5.91 Å². The average molecular weight is 328 g/mol. The molecule has 2 N–H and O–H groups in total. The molecule has 1 aliphatic heterocycles. The molecule has 0 aliphatic carbocycles. The van der Waals surface area contributed by atoms with E-state index in [0.29, 0.717) is 30.9 Å². The van der Waals surface area contributed by atoms with Crippen LogP contribution < -0.4 is 10.6 Å². The lowest BCUT2D eigenvalue weighted by molar-refractivity contribution is -0.117. The van der Waals surface area contributed by atoms with Crippen LogP contribution >= 0.6 is 12.4 Å². The first-order valence-electron chi connectivity index (χ1n) is 6.99. The van der Waals surface area contributed by atoms with E-state index in [1.807, 2.05) is 0 Å². The highest BCUT2D eigenvalue weighted by Gasteiger charge is 2.17. The maximum atomic E-state index is 12.0. The van der Waals surface area contributed by atoms with E-state index in [1.54, 1.807) is 38.4 Å². The standard InChI is InChI=1S/C15H21N3O3.ClH/c1-18(2)15(20)11-4-3-5-12(8-11)17-14(19)9-13-10-21-7-6-16-13;/h3-5,8,13,16H,6-7,9-10H2,1-2H3,(H,17,19);1H. The summed E-state index contributed by atoms with van der Waals surface area (Å²) in [5.74, 6) is -0.180. The molecule has 0 bridgehead atoms. The van der Waals surface area contributed by atoms with Crippen molar-refractivity contribution in [3.63, 3.8) is 0 Å². The molecule has 122 valence electrons. The van der Waals surface area contributed by atoms with Crippen molar-refractivity contribution in [3.05, 3.63) is 29.8 Å². The van der Waals surface area contributed by atoms with E-state index in [0.717, 1.165) is 6.54 Å². The minimum absolute atomic E-state index is 0. The van der Waals surface area contributed by atoms with E-state index in [4.69, 9.17) is 4.74 Å². The fourth-order valence-electron chi connectivity index (χ4n) is 2.17. The Kier molecular flexibility index (Phi) is 7.31. The Morgan fingerprint density at radius 1 is 1.41 bits per heavy atom.